The van der Waals surface area contributed by atoms with Gasteiger partial charge in [0.1, 0.15) is 6.33 Å². The number of rotatable bonds is 5. The summed E-state index contributed by atoms with van der Waals surface area (Å²) in [6.07, 6.45) is 7.40. The third kappa shape index (κ3) is 4.28. The number of carbonyl (C=O) groups excluding carboxylic acids is 1. The van der Waals surface area contributed by atoms with Gasteiger partial charge in [-0.2, -0.15) is 0 Å². The van der Waals surface area contributed by atoms with Crippen molar-refractivity contribution in [1.29, 1.82) is 0 Å². The first-order valence-electron chi connectivity index (χ1n) is 10.3. The summed E-state index contributed by atoms with van der Waals surface area (Å²) in [6.45, 7) is 6.10. The molecule has 0 fully saturated rings. The molecule has 1 atom stereocenters. The van der Waals surface area contributed by atoms with Crippen molar-refractivity contribution in [3.05, 3.63) is 83.7 Å². The van der Waals surface area contributed by atoms with E-state index in [0.717, 1.165) is 33.3 Å². The molecule has 6 nitrogen and oxygen atoms in total. The van der Waals surface area contributed by atoms with E-state index in [1.54, 1.807) is 17.3 Å². The molecular formula is C25H25N5O. The number of para-hydroxylation sites is 1. The second kappa shape index (κ2) is 8.60. The first kappa shape index (κ1) is 20.6. The Morgan fingerprint density at radius 1 is 1.10 bits per heavy atom. The molecule has 0 N–H and O–H groups in total. The number of hydrogen-bond donors (Lipinski definition) is 0. The lowest BCUT2D eigenvalue weighted by Crippen LogP contribution is -2.36. The van der Waals surface area contributed by atoms with Crippen molar-refractivity contribution >= 4 is 16.8 Å². The summed E-state index contributed by atoms with van der Waals surface area (Å²) in [5, 5.41) is 0.846. The third-order valence-electron chi connectivity index (χ3n) is 5.59. The van der Waals surface area contributed by atoms with Gasteiger partial charge in [-0.15, -0.1) is 0 Å². The number of carbonyl (C=O) groups is 1. The number of nitrogens with zero attached hydrogens (tertiary/aromatic N) is 5. The largest absolute Gasteiger partial charge is 0.339 e. The van der Waals surface area contributed by atoms with E-state index in [1.165, 1.54) is 6.33 Å². The van der Waals surface area contributed by atoms with Gasteiger partial charge >= 0.3 is 0 Å². The van der Waals surface area contributed by atoms with Crippen LogP contribution in [0, 0.1) is 13.8 Å². The van der Waals surface area contributed by atoms with E-state index in [-0.39, 0.29) is 11.9 Å². The van der Waals surface area contributed by atoms with Crippen LogP contribution >= 0.6 is 0 Å². The maximum absolute atomic E-state index is 13.6. The lowest BCUT2D eigenvalue weighted by Gasteiger charge is -2.26. The first-order valence-corrected chi connectivity index (χ1v) is 10.3. The molecule has 3 aromatic heterocycles. The highest BCUT2D eigenvalue weighted by molar-refractivity contribution is 6.07. The number of hydrogen-bond acceptors (Lipinski definition) is 5. The quantitative estimate of drug-likeness (QED) is 0.486. The van der Waals surface area contributed by atoms with Crippen LogP contribution in [0.25, 0.3) is 22.2 Å². The Morgan fingerprint density at radius 2 is 1.87 bits per heavy atom. The van der Waals surface area contributed by atoms with Gasteiger partial charge in [-0.25, -0.2) is 15.0 Å². The van der Waals surface area contributed by atoms with Gasteiger partial charge < -0.3 is 4.90 Å². The fraction of sp³-hybridized carbons (Fsp3) is 0.240. The molecular weight excluding hydrogens is 386 g/mol. The van der Waals surface area contributed by atoms with Crippen molar-refractivity contribution < 1.29 is 4.79 Å². The maximum Gasteiger partial charge on any atom is 0.254 e. The summed E-state index contributed by atoms with van der Waals surface area (Å²) in [5.74, 6) is -0.0451. The lowest BCUT2D eigenvalue weighted by molar-refractivity contribution is 0.0745. The molecule has 31 heavy (non-hydrogen) atoms. The van der Waals surface area contributed by atoms with Gasteiger partial charge in [0, 0.05) is 54.7 Å². The Labute approximate surface area is 182 Å². The molecule has 1 unspecified atom stereocenters. The summed E-state index contributed by atoms with van der Waals surface area (Å²) in [7, 11) is 1.84. The van der Waals surface area contributed by atoms with Crippen molar-refractivity contribution in [1.82, 2.24) is 24.8 Å². The molecule has 0 radical (unpaired) electrons. The molecule has 1 aromatic carbocycles. The molecule has 0 saturated heterocycles. The minimum atomic E-state index is -0.0451. The van der Waals surface area contributed by atoms with E-state index in [4.69, 9.17) is 4.98 Å². The van der Waals surface area contributed by atoms with Crippen LogP contribution in [0.1, 0.15) is 34.1 Å². The highest BCUT2D eigenvalue weighted by Crippen LogP contribution is 2.27. The van der Waals surface area contributed by atoms with Gasteiger partial charge in [0.25, 0.3) is 5.91 Å². The minimum absolute atomic E-state index is 0.0154. The third-order valence-corrected chi connectivity index (χ3v) is 5.59. The first-order chi connectivity index (χ1) is 14.9. The van der Waals surface area contributed by atoms with Gasteiger partial charge in [0.2, 0.25) is 0 Å². The average Bonchev–Trinajstić information content (AvgIpc) is 2.78. The zero-order valence-electron chi connectivity index (χ0n) is 18.2. The van der Waals surface area contributed by atoms with Crippen molar-refractivity contribution in [2.24, 2.45) is 0 Å². The van der Waals surface area contributed by atoms with Crippen molar-refractivity contribution in [3.8, 4) is 11.3 Å². The van der Waals surface area contributed by atoms with E-state index in [9.17, 15) is 4.79 Å². The maximum atomic E-state index is 13.6. The molecule has 6 heteroatoms. The fourth-order valence-electron chi connectivity index (χ4n) is 3.69. The van der Waals surface area contributed by atoms with Crippen LogP contribution in [-0.2, 0) is 6.42 Å². The average molecular weight is 412 g/mol. The van der Waals surface area contributed by atoms with Crippen LogP contribution in [0.5, 0.6) is 0 Å². The lowest BCUT2D eigenvalue weighted by atomic mass is 10.0. The summed E-state index contributed by atoms with van der Waals surface area (Å²) in [4.78, 5) is 32.8. The molecule has 0 aliphatic rings. The summed E-state index contributed by atoms with van der Waals surface area (Å²) >= 11 is 0. The van der Waals surface area contributed by atoms with E-state index in [0.29, 0.717) is 17.7 Å². The van der Waals surface area contributed by atoms with Crippen molar-refractivity contribution in [2.75, 3.05) is 7.05 Å². The van der Waals surface area contributed by atoms with Crippen LogP contribution in [0.4, 0.5) is 0 Å². The predicted molar refractivity (Wildman–Crippen MR) is 122 cm³/mol. The second-order valence-corrected chi connectivity index (χ2v) is 7.95. The zero-order valence-corrected chi connectivity index (χ0v) is 18.2. The summed E-state index contributed by atoms with van der Waals surface area (Å²) in [6, 6.07) is 11.8. The number of aromatic nitrogens is 4. The molecule has 0 spiro atoms. The smallest absolute Gasteiger partial charge is 0.254 e. The number of aryl methyl sites for hydroxylation is 2. The van der Waals surface area contributed by atoms with Gasteiger partial charge in [-0.05, 0) is 50.1 Å². The highest BCUT2D eigenvalue weighted by Gasteiger charge is 2.22. The van der Waals surface area contributed by atoms with E-state index in [1.807, 2.05) is 64.3 Å². The summed E-state index contributed by atoms with van der Waals surface area (Å²) in [5.41, 5.74) is 6.06. The standard InChI is InChI=1S/C25H25N5O/c1-16-8-9-28-20(10-16)11-18(3)30(4)25(31)22-12-23(19-13-26-15-27-14-19)29-24-17(2)6-5-7-21(22)24/h5-10,12-15,18H,11H2,1-4H3. The SMILES string of the molecule is Cc1ccnc(CC(C)N(C)C(=O)c2cc(-c3cncnc3)nc3c(C)cccc23)c1. The number of pyridine rings is 2. The number of benzene rings is 1. The molecule has 4 rings (SSSR count). The van der Waals surface area contributed by atoms with Crippen LogP contribution < -0.4 is 0 Å². The topological polar surface area (TPSA) is 71.9 Å². The van der Waals surface area contributed by atoms with Crippen LogP contribution in [-0.4, -0.2) is 43.8 Å². The van der Waals surface area contributed by atoms with E-state index < -0.39 is 0 Å². The molecule has 0 bridgehead atoms. The number of amides is 1. The summed E-state index contributed by atoms with van der Waals surface area (Å²) < 4.78 is 0. The Morgan fingerprint density at radius 3 is 2.61 bits per heavy atom. The van der Waals surface area contributed by atoms with E-state index >= 15 is 0 Å². The highest BCUT2D eigenvalue weighted by atomic mass is 16.2. The molecule has 0 aliphatic carbocycles. The van der Waals surface area contributed by atoms with Crippen LogP contribution in [0.2, 0.25) is 0 Å². The van der Waals surface area contributed by atoms with Crippen LogP contribution in [0.3, 0.4) is 0 Å². The van der Waals surface area contributed by atoms with Gasteiger partial charge in [0.05, 0.1) is 16.8 Å². The predicted octanol–water partition coefficient (Wildman–Crippen LogP) is 4.41. The minimum Gasteiger partial charge on any atom is -0.339 e. The van der Waals surface area contributed by atoms with Gasteiger partial charge in [-0.3, -0.25) is 9.78 Å². The fourth-order valence-corrected chi connectivity index (χ4v) is 3.69. The molecule has 3 heterocycles. The molecule has 0 aliphatic heterocycles. The van der Waals surface area contributed by atoms with Crippen molar-refractivity contribution in [2.45, 2.75) is 33.2 Å². The normalized spacial score (nSPS) is 12.0. The number of likely N-dealkylation sites (N-methyl/N-ethyl adjacent to an activating group) is 1. The Bertz CT molecular complexity index is 1240. The molecule has 156 valence electrons. The second-order valence-electron chi connectivity index (χ2n) is 7.95. The monoisotopic (exact) mass is 411 g/mol. The Balaban J connectivity index is 1.73. The van der Waals surface area contributed by atoms with E-state index in [2.05, 4.69) is 21.0 Å². The van der Waals surface area contributed by atoms with Gasteiger partial charge in [0.15, 0.2) is 0 Å². The Hall–Kier alpha value is -3.67. The van der Waals surface area contributed by atoms with Crippen molar-refractivity contribution in [3.63, 3.8) is 0 Å². The number of fused-ring (bicyclic) bond motifs is 1. The molecule has 4 aromatic rings. The molecule has 1 amide bonds. The molecule has 0 saturated carbocycles. The Kier molecular flexibility index (Phi) is 5.71. The zero-order chi connectivity index (χ0) is 22.0. The van der Waals surface area contributed by atoms with Crippen LogP contribution in [0.15, 0.2) is 61.3 Å². The van der Waals surface area contributed by atoms with Gasteiger partial charge in [-0.1, -0.05) is 18.2 Å².